The molecule has 0 atom stereocenters. The van der Waals surface area contributed by atoms with Gasteiger partial charge in [0.05, 0.1) is 0 Å². The Morgan fingerprint density at radius 2 is 1.59 bits per heavy atom. The molecule has 8 heteroatoms. The minimum absolute atomic E-state index is 0. The van der Waals surface area contributed by atoms with Crippen LogP contribution in [0.4, 0.5) is 18.6 Å². The van der Waals surface area contributed by atoms with Gasteiger partial charge in [0.2, 0.25) is 0 Å². The Morgan fingerprint density at radius 1 is 1.05 bits per heavy atom. The van der Waals surface area contributed by atoms with Crippen LogP contribution in [-0.2, 0) is 6.54 Å². The summed E-state index contributed by atoms with van der Waals surface area (Å²) in [4.78, 5) is 2.17. The molecule has 1 aliphatic rings. The first kappa shape index (κ1) is 20.5. The number of nitrogens with one attached hydrogen (secondary N) is 1. The molecule has 1 aromatic rings. The van der Waals surface area contributed by atoms with Crippen molar-refractivity contribution in [2.45, 2.75) is 27.3 Å². The maximum absolute atomic E-state index is 13.4. The van der Waals surface area contributed by atoms with Crippen LogP contribution in [0.15, 0.2) is 0 Å². The second-order valence-corrected chi connectivity index (χ2v) is 5.78. The van der Waals surface area contributed by atoms with E-state index in [1.807, 2.05) is 6.92 Å². The third-order valence-electron chi connectivity index (χ3n) is 4.44. The average molecular weight is 339 g/mol. The van der Waals surface area contributed by atoms with Gasteiger partial charge in [-0.3, -0.25) is 4.90 Å². The van der Waals surface area contributed by atoms with Crippen LogP contribution in [0, 0.1) is 20.8 Å². The number of nitrogens with zero attached hydrogens (tertiary/aromatic N) is 1. The number of hydrogen-bond donors (Lipinski definition) is 2. The molecule has 0 bridgehead atoms. The fourth-order valence-electron chi connectivity index (χ4n) is 3.13. The van der Waals surface area contributed by atoms with Gasteiger partial charge in [-0.2, -0.15) is 0 Å². The molecular formula is C14H22BF3KN3. The second kappa shape index (κ2) is 8.00. The zero-order valence-electron chi connectivity index (χ0n) is 13.8. The third kappa shape index (κ3) is 4.28. The zero-order valence-corrected chi connectivity index (χ0v) is 16.9. The van der Waals surface area contributed by atoms with E-state index in [4.69, 9.17) is 5.73 Å². The van der Waals surface area contributed by atoms with Gasteiger partial charge in [-0.25, -0.2) is 0 Å². The van der Waals surface area contributed by atoms with E-state index in [9.17, 15) is 12.9 Å². The quantitative estimate of drug-likeness (QED) is 0.529. The van der Waals surface area contributed by atoms with E-state index in [1.54, 1.807) is 6.92 Å². The van der Waals surface area contributed by atoms with Crippen LogP contribution in [0.1, 0.15) is 22.3 Å². The Hall–Kier alpha value is 0.431. The molecule has 3 N–H and O–H groups in total. The van der Waals surface area contributed by atoms with E-state index in [0.29, 0.717) is 12.1 Å². The molecule has 0 amide bonds. The minimum Gasteiger partial charge on any atom is -0.445 e. The molecule has 0 aromatic heterocycles. The molecule has 1 aliphatic heterocycles. The van der Waals surface area contributed by atoms with Gasteiger partial charge >= 0.3 is 58.4 Å². The van der Waals surface area contributed by atoms with E-state index in [2.05, 4.69) is 10.2 Å². The third-order valence-corrected chi connectivity index (χ3v) is 4.44. The number of piperazine rings is 1. The van der Waals surface area contributed by atoms with Gasteiger partial charge in [-0.1, -0.05) is 11.1 Å². The van der Waals surface area contributed by atoms with E-state index in [-0.39, 0.29) is 62.6 Å². The minimum atomic E-state index is -5.05. The molecule has 1 saturated heterocycles. The molecule has 1 aromatic carbocycles. The number of nitrogen functional groups attached to an aromatic ring is 1. The Morgan fingerprint density at radius 3 is 2.09 bits per heavy atom. The SMILES string of the molecule is Cc1c(N)c(C)c([B-](F)(F)F)c(C)c1CN1CCNCC1.[K+]. The number of anilines is 1. The monoisotopic (exact) mass is 339 g/mol. The zero-order chi connectivity index (χ0) is 15.8. The van der Waals surface area contributed by atoms with E-state index < -0.39 is 12.4 Å². The number of benzene rings is 1. The first-order valence-electron chi connectivity index (χ1n) is 7.24. The summed E-state index contributed by atoms with van der Waals surface area (Å²) in [6.45, 7) is 3.77. The van der Waals surface area contributed by atoms with Crippen LogP contribution in [-0.4, -0.2) is 38.1 Å². The Kier molecular flexibility index (Phi) is 7.45. The summed E-state index contributed by atoms with van der Waals surface area (Å²) in [6.07, 6.45) is 0. The Balaban J connectivity index is 0.00000242. The first-order chi connectivity index (χ1) is 9.73. The fraction of sp³-hybridized carbons (Fsp3) is 0.571. The number of hydrogen-bond acceptors (Lipinski definition) is 3. The molecule has 0 unspecified atom stereocenters. The smallest absolute Gasteiger partial charge is 0.445 e. The number of rotatable bonds is 3. The molecule has 1 fully saturated rings. The molecule has 118 valence electrons. The van der Waals surface area contributed by atoms with Gasteiger partial charge in [-0.15, -0.1) is 5.46 Å². The van der Waals surface area contributed by atoms with Crippen molar-refractivity contribution < 1.29 is 64.3 Å². The van der Waals surface area contributed by atoms with Crippen LogP contribution < -0.4 is 67.9 Å². The van der Waals surface area contributed by atoms with Gasteiger partial charge in [-0.05, 0) is 31.9 Å². The van der Waals surface area contributed by atoms with Gasteiger partial charge < -0.3 is 24.0 Å². The Labute approximate surface area is 172 Å². The molecule has 0 saturated carbocycles. The summed E-state index contributed by atoms with van der Waals surface area (Å²) in [5, 5.41) is 3.24. The van der Waals surface area contributed by atoms with Crippen LogP contribution in [0.2, 0.25) is 0 Å². The summed E-state index contributed by atoms with van der Waals surface area (Å²) in [5.41, 5.74) is 7.72. The standard InChI is InChI=1S/C14H22BF3N3.K/c1-9-12(8-21-6-4-20-5-7-21)10(2)14(19)11(3)13(9)15(16,17)18;/h20H,4-8,19H2,1-3H3;/q-1;+1. The van der Waals surface area contributed by atoms with E-state index in [1.165, 1.54) is 6.92 Å². The van der Waals surface area contributed by atoms with Crippen molar-refractivity contribution in [1.29, 1.82) is 0 Å². The van der Waals surface area contributed by atoms with Crippen molar-refractivity contribution in [2.24, 2.45) is 0 Å². The second-order valence-electron chi connectivity index (χ2n) is 5.78. The van der Waals surface area contributed by atoms with Crippen LogP contribution in [0.3, 0.4) is 0 Å². The van der Waals surface area contributed by atoms with Crippen LogP contribution in [0.5, 0.6) is 0 Å². The molecule has 1 heterocycles. The van der Waals surface area contributed by atoms with Crippen molar-refractivity contribution in [3.63, 3.8) is 0 Å². The maximum atomic E-state index is 13.4. The van der Waals surface area contributed by atoms with Crippen molar-refractivity contribution in [2.75, 3.05) is 31.9 Å². The molecule has 0 spiro atoms. The predicted molar refractivity (Wildman–Crippen MR) is 81.9 cm³/mol. The molecule has 22 heavy (non-hydrogen) atoms. The average Bonchev–Trinajstić information content (AvgIpc) is 2.41. The van der Waals surface area contributed by atoms with Gasteiger partial charge in [0.25, 0.3) is 0 Å². The predicted octanol–water partition coefficient (Wildman–Crippen LogP) is -1.34. The maximum Gasteiger partial charge on any atom is 1.00 e. The summed E-state index contributed by atoms with van der Waals surface area (Å²) in [7, 11) is 0. The van der Waals surface area contributed by atoms with Gasteiger partial charge in [0.15, 0.2) is 0 Å². The Bertz CT molecular complexity index is 543. The molecule has 0 radical (unpaired) electrons. The van der Waals surface area contributed by atoms with Gasteiger partial charge in [0.1, 0.15) is 0 Å². The summed E-state index contributed by atoms with van der Waals surface area (Å²) >= 11 is 0. The van der Waals surface area contributed by atoms with Crippen molar-refractivity contribution in [3.8, 4) is 0 Å². The first-order valence-corrected chi connectivity index (χ1v) is 7.24. The summed E-state index contributed by atoms with van der Waals surface area (Å²) in [6, 6.07) is 0. The van der Waals surface area contributed by atoms with Crippen LogP contribution in [0.25, 0.3) is 0 Å². The van der Waals surface area contributed by atoms with Gasteiger partial charge in [0, 0.05) is 38.4 Å². The van der Waals surface area contributed by atoms with Crippen LogP contribution >= 0.6 is 0 Å². The van der Waals surface area contributed by atoms with Crippen molar-refractivity contribution in [1.82, 2.24) is 10.2 Å². The largest absolute Gasteiger partial charge is 1.00 e. The topological polar surface area (TPSA) is 41.3 Å². The van der Waals surface area contributed by atoms with Crippen molar-refractivity contribution in [3.05, 3.63) is 22.3 Å². The molecule has 3 nitrogen and oxygen atoms in total. The van der Waals surface area contributed by atoms with E-state index in [0.717, 1.165) is 37.3 Å². The normalized spacial score (nSPS) is 16.5. The van der Waals surface area contributed by atoms with Crippen molar-refractivity contribution >= 4 is 18.1 Å². The molecule has 0 aliphatic carbocycles. The number of nitrogens with two attached hydrogens (primary N) is 1. The fourth-order valence-corrected chi connectivity index (χ4v) is 3.13. The number of halogens is 3. The summed E-state index contributed by atoms with van der Waals surface area (Å²) < 4.78 is 40.1. The summed E-state index contributed by atoms with van der Waals surface area (Å²) in [5.74, 6) is 0. The molecular weight excluding hydrogens is 317 g/mol. The van der Waals surface area contributed by atoms with E-state index >= 15 is 0 Å². The molecule has 2 rings (SSSR count).